The SMILES string of the molecule is COc1ccc(-n2ccnc2SC(C)C(=O)Nc2ccc(F)c(F)c2)cc1. The van der Waals surface area contributed by atoms with Crippen LogP contribution < -0.4 is 10.1 Å². The molecule has 1 amide bonds. The predicted octanol–water partition coefficient (Wildman–Crippen LogP) is 4.28. The molecule has 0 saturated heterocycles. The van der Waals surface area contributed by atoms with E-state index in [1.54, 1.807) is 26.4 Å². The lowest BCUT2D eigenvalue weighted by Crippen LogP contribution is -2.23. The van der Waals surface area contributed by atoms with Crippen LogP contribution in [-0.4, -0.2) is 27.8 Å². The van der Waals surface area contributed by atoms with Crippen molar-refractivity contribution >= 4 is 23.4 Å². The summed E-state index contributed by atoms with van der Waals surface area (Å²) in [5.74, 6) is -1.57. The Hall–Kier alpha value is -2.87. The Morgan fingerprint density at radius 3 is 2.59 bits per heavy atom. The van der Waals surface area contributed by atoms with Gasteiger partial charge in [-0.05, 0) is 43.3 Å². The number of aromatic nitrogens is 2. The highest BCUT2D eigenvalue weighted by Gasteiger charge is 2.18. The fourth-order valence-corrected chi connectivity index (χ4v) is 3.23. The molecule has 0 aliphatic rings. The molecule has 1 N–H and O–H groups in total. The second-order valence-corrected chi connectivity index (χ2v) is 6.96. The first-order chi connectivity index (χ1) is 13.0. The lowest BCUT2D eigenvalue weighted by molar-refractivity contribution is -0.115. The second-order valence-electron chi connectivity index (χ2n) is 5.66. The smallest absolute Gasteiger partial charge is 0.237 e. The Kier molecular flexibility index (Phi) is 5.75. The third-order valence-corrected chi connectivity index (χ3v) is 4.88. The molecule has 0 spiro atoms. The number of nitrogens with zero attached hydrogens (tertiary/aromatic N) is 2. The van der Waals surface area contributed by atoms with Gasteiger partial charge in [0.05, 0.1) is 12.4 Å². The van der Waals surface area contributed by atoms with E-state index in [1.807, 2.05) is 28.8 Å². The van der Waals surface area contributed by atoms with Gasteiger partial charge in [-0.2, -0.15) is 0 Å². The molecule has 0 aliphatic carbocycles. The van der Waals surface area contributed by atoms with Crippen LogP contribution in [0.2, 0.25) is 0 Å². The van der Waals surface area contributed by atoms with Gasteiger partial charge in [0.25, 0.3) is 0 Å². The molecule has 2 aromatic carbocycles. The molecule has 1 atom stereocenters. The van der Waals surface area contributed by atoms with E-state index in [0.29, 0.717) is 5.16 Å². The molecule has 27 heavy (non-hydrogen) atoms. The fourth-order valence-electron chi connectivity index (χ4n) is 2.35. The van der Waals surface area contributed by atoms with Crippen LogP contribution in [-0.2, 0) is 4.79 Å². The van der Waals surface area contributed by atoms with Crippen molar-refractivity contribution < 1.29 is 18.3 Å². The zero-order valence-electron chi connectivity index (χ0n) is 14.6. The molecule has 0 fully saturated rings. The summed E-state index contributed by atoms with van der Waals surface area (Å²) >= 11 is 1.26. The summed E-state index contributed by atoms with van der Waals surface area (Å²) in [6.45, 7) is 1.72. The van der Waals surface area contributed by atoms with Crippen LogP contribution in [0.25, 0.3) is 5.69 Å². The summed E-state index contributed by atoms with van der Waals surface area (Å²) in [5, 5.41) is 2.71. The van der Waals surface area contributed by atoms with Crippen LogP contribution in [0, 0.1) is 11.6 Å². The van der Waals surface area contributed by atoms with E-state index in [1.165, 1.54) is 17.8 Å². The standard InChI is InChI=1S/C19H17F2N3O2S/c1-12(18(25)23-13-3-8-16(20)17(21)11-13)27-19-22-9-10-24(19)14-4-6-15(26-2)7-5-14/h3-12H,1-2H3,(H,23,25). The van der Waals surface area contributed by atoms with Crippen LogP contribution in [0.1, 0.15) is 6.92 Å². The van der Waals surface area contributed by atoms with Crippen molar-refractivity contribution in [3.05, 3.63) is 66.5 Å². The minimum atomic E-state index is -1.01. The van der Waals surface area contributed by atoms with Crippen LogP contribution in [0.5, 0.6) is 5.75 Å². The molecule has 1 unspecified atom stereocenters. The molecule has 8 heteroatoms. The number of nitrogens with one attached hydrogen (secondary N) is 1. The number of anilines is 1. The molecule has 3 rings (SSSR count). The van der Waals surface area contributed by atoms with Crippen LogP contribution in [0.3, 0.4) is 0 Å². The van der Waals surface area contributed by atoms with Gasteiger partial charge in [-0.3, -0.25) is 9.36 Å². The molecule has 0 bridgehead atoms. The summed E-state index contributed by atoms with van der Waals surface area (Å²) in [5.41, 5.74) is 1.08. The van der Waals surface area contributed by atoms with Crippen molar-refractivity contribution in [1.29, 1.82) is 0 Å². The van der Waals surface area contributed by atoms with E-state index in [0.717, 1.165) is 23.6 Å². The summed E-state index contributed by atoms with van der Waals surface area (Å²) in [6, 6.07) is 10.7. The highest BCUT2D eigenvalue weighted by atomic mass is 32.2. The quantitative estimate of drug-likeness (QED) is 0.640. The van der Waals surface area contributed by atoms with E-state index in [-0.39, 0.29) is 11.6 Å². The van der Waals surface area contributed by atoms with Crippen molar-refractivity contribution in [2.24, 2.45) is 0 Å². The number of hydrogen-bond acceptors (Lipinski definition) is 4. The zero-order chi connectivity index (χ0) is 19.4. The van der Waals surface area contributed by atoms with E-state index >= 15 is 0 Å². The van der Waals surface area contributed by atoms with E-state index in [2.05, 4.69) is 10.3 Å². The molecule has 1 aromatic heterocycles. The van der Waals surface area contributed by atoms with Gasteiger partial charge in [0.1, 0.15) is 5.75 Å². The Morgan fingerprint density at radius 2 is 1.93 bits per heavy atom. The van der Waals surface area contributed by atoms with Crippen molar-refractivity contribution in [2.75, 3.05) is 12.4 Å². The van der Waals surface area contributed by atoms with Crippen molar-refractivity contribution in [1.82, 2.24) is 9.55 Å². The monoisotopic (exact) mass is 389 g/mol. The van der Waals surface area contributed by atoms with Gasteiger partial charge in [0, 0.05) is 29.8 Å². The van der Waals surface area contributed by atoms with Gasteiger partial charge < -0.3 is 10.1 Å². The maximum Gasteiger partial charge on any atom is 0.237 e. The van der Waals surface area contributed by atoms with Crippen molar-refractivity contribution in [2.45, 2.75) is 17.3 Å². The molecule has 0 radical (unpaired) electrons. The van der Waals surface area contributed by atoms with Gasteiger partial charge >= 0.3 is 0 Å². The second kappa shape index (κ2) is 8.22. The molecule has 1 heterocycles. The number of methoxy groups -OCH3 is 1. The molecule has 3 aromatic rings. The maximum absolute atomic E-state index is 13.3. The molecular formula is C19H17F2N3O2S. The average molecular weight is 389 g/mol. The van der Waals surface area contributed by atoms with Gasteiger partial charge in [-0.25, -0.2) is 13.8 Å². The first-order valence-corrected chi connectivity index (χ1v) is 8.96. The zero-order valence-corrected chi connectivity index (χ0v) is 15.5. The number of rotatable bonds is 6. The average Bonchev–Trinajstić information content (AvgIpc) is 3.12. The number of thioether (sulfide) groups is 1. The Bertz CT molecular complexity index is 944. The van der Waals surface area contributed by atoms with Crippen molar-refractivity contribution in [3.8, 4) is 11.4 Å². The molecule has 0 saturated carbocycles. The van der Waals surface area contributed by atoms with Gasteiger partial charge in [0.15, 0.2) is 16.8 Å². The van der Waals surface area contributed by atoms with Gasteiger partial charge in [0.2, 0.25) is 5.91 Å². The Morgan fingerprint density at radius 1 is 1.19 bits per heavy atom. The number of carbonyl (C=O) groups excluding carboxylic acids is 1. The number of ether oxygens (including phenoxy) is 1. The first-order valence-electron chi connectivity index (χ1n) is 8.08. The molecular weight excluding hydrogens is 372 g/mol. The van der Waals surface area contributed by atoms with E-state index < -0.39 is 16.9 Å². The lowest BCUT2D eigenvalue weighted by Gasteiger charge is -2.13. The normalized spacial score (nSPS) is 11.9. The summed E-state index contributed by atoms with van der Waals surface area (Å²) in [7, 11) is 1.60. The molecule has 0 aliphatic heterocycles. The minimum Gasteiger partial charge on any atom is -0.497 e. The fraction of sp³-hybridized carbons (Fsp3) is 0.158. The Balaban J connectivity index is 1.70. The summed E-state index contributed by atoms with van der Waals surface area (Å²) in [4.78, 5) is 16.7. The van der Waals surface area contributed by atoms with E-state index in [4.69, 9.17) is 4.74 Å². The third-order valence-electron chi connectivity index (χ3n) is 3.80. The predicted molar refractivity (Wildman–Crippen MR) is 100 cm³/mol. The number of hydrogen-bond donors (Lipinski definition) is 1. The number of halogens is 2. The number of carbonyl (C=O) groups is 1. The Labute approximate surface area is 159 Å². The molecule has 5 nitrogen and oxygen atoms in total. The lowest BCUT2D eigenvalue weighted by atomic mass is 10.3. The minimum absolute atomic E-state index is 0.199. The summed E-state index contributed by atoms with van der Waals surface area (Å²) in [6.07, 6.45) is 3.44. The topological polar surface area (TPSA) is 56.2 Å². The van der Waals surface area contributed by atoms with Gasteiger partial charge in [-0.1, -0.05) is 11.8 Å². The summed E-state index contributed by atoms with van der Waals surface area (Å²) < 4.78 is 33.3. The van der Waals surface area contributed by atoms with Crippen molar-refractivity contribution in [3.63, 3.8) is 0 Å². The van der Waals surface area contributed by atoms with Crippen LogP contribution in [0.4, 0.5) is 14.5 Å². The van der Waals surface area contributed by atoms with Crippen LogP contribution >= 0.6 is 11.8 Å². The number of amides is 1. The van der Waals surface area contributed by atoms with E-state index in [9.17, 15) is 13.6 Å². The van der Waals surface area contributed by atoms with Crippen LogP contribution in [0.15, 0.2) is 60.0 Å². The first kappa shape index (κ1) is 18.9. The highest BCUT2D eigenvalue weighted by molar-refractivity contribution is 8.00. The number of imidazole rings is 1. The number of benzene rings is 2. The largest absolute Gasteiger partial charge is 0.497 e. The van der Waals surface area contributed by atoms with Gasteiger partial charge in [-0.15, -0.1) is 0 Å². The molecule has 140 valence electrons. The third kappa shape index (κ3) is 4.46. The maximum atomic E-state index is 13.3. The highest BCUT2D eigenvalue weighted by Crippen LogP contribution is 2.26.